The van der Waals surface area contributed by atoms with Gasteiger partial charge in [0.25, 0.3) is 0 Å². The van der Waals surface area contributed by atoms with Crippen LogP contribution in [-0.2, 0) is 6.42 Å². The first-order valence-corrected chi connectivity index (χ1v) is 5.46. The Kier molecular flexibility index (Phi) is 2.04. The van der Waals surface area contributed by atoms with Crippen molar-refractivity contribution < 1.29 is 14.9 Å². The summed E-state index contributed by atoms with van der Waals surface area (Å²) in [6.07, 6.45) is 0.422. The fourth-order valence-electron chi connectivity index (χ4n) is 2.12. The van der Waals surface area contributed by atoms with Crippen LogP contribution in [0.4, 0.5) is 11.4 Å². The van der Waals surface area contributed by atoms with Crippen LogP contribution in [-0.4, -0.2) is 10.2 Å². The highest BCUT2D eigenvalue weighted by Crippen LogP contribution is 2.45. The molecule has 0 saturated carbocycles. The second-order valence-corrected chi connectivity index (χ2v) is 4.23. The molecule has 2 aromatic carbocycles. The SMILES string of the molecule is Nc1c(O)ccc2c1Cc1c(ccc(O)c1N)O2. The van der Waals surface area contributed by atoms with Crippen LogP contribution in [0.1, 0.15) is 11.1 Å². The minimum Gasteiger partial charge on any atom is -0.506 e. The van der Waals surface area contributed by atoms with E-state index in [-0.39, 0.29) is 22.9 Å². The Morgan fingerprint density at radius 2 is 1.28 bits per heavy atom. The zero-order valence-corrected chi connectivity index (χ0v) is 9.47. The highest BCUT2D eigenvalue weighted by molar-refractivity contribution is 5.72. The van der Waals surface area contributed by atoms with Gasteiger partial charge >= 0.3 is 0 Å². The third-order valence-electron chi connectivity index (χ3n) is 3.16. The minimum atomic E-state index is 0.0134. The van der Waals surface area contributed by atoms with Crippen molar-refractivity contribution in [3.63, 3.8) is 0 Å². The average molecular weight is 244 g/mol. The number of nitrogens with two attached hydrogens (primary N) is 2. The maximum absolute atomic E-state index is 9.59. The van der Waals surface area contributed by atoms with Crippen LogP contribution in [0, 0.1) is 0 Å². The monoisotopic (exact) mass is 244 g/mol. The topological polar surface area (TPSA) is 102 Å². The number of phenolic OH excluding ortho intramolecular Hbond substituents is 2. The van der Waals surface area contributed by atoms with E-state index in [2.05, 4.69) is 0 Å². The third kappa shape index (κ3) is 1.34. The Morgan fingerprint density at radius 1 is 0.833 bits per heavy atom. The van der Waals surface area contributed by atoms with E-state index in [1.807, 2.05) is 0 Å². The summed E-state index contributed by atoms with van der Waals surface area (Å²) in [4.78, 5) is 0. The summed E-state index contributed by atoms with van der Waals surface area (Å²) in [6, 6.07) is 6.30. The Morgan fingerprint density at radius 3 is 1.72 bits per heavy atom. The lowest BCUT2D eigenvalue weighted by atomic mass is 9.97. The summed E-state index contributed by atoms with van der Waals surface area (Å²) >= 11 is 0. The zero-order chi connectivity index (χ0) is 12.9. The van der Waals surface area contributed by atoms with Crippen LogP contribution in [0.3, 0.4) is 0 Å². The van der Waals surface area contributed by atoms with Gasteiger partial charge in [-0.05, 0) is 24.3 Å². The van der Waals surface area contributed by atoms with Gasteiger partial charge in [-0.25, -0.2) is 0 Å². The Bertz CT molecular complexity index is 598. The van der Waals surface area contributed by atoms with Crippen molar-refractivity contribution in [3.05, 3.63) is 35.4 Å². The average Bonchev–Trinajstić information content (AvgIpc) is 2.37. The van der Waals surface area contributed by atoms with Crippen molar-refractivity contribution in [2.24, 2.45) is 0 Å². The molecule has 0 spiro atoms. The van der Waals surface area contributed by atoms with Gasteiger partial charge in [-0.3, -0.25) is 0 Å². The largest absolute Gasteiger partial charge is 0.506 e. The molecular weight excluding hydrogens is 232 g/mol. The molecule has 0 aromatic heterocycles. The maximum atomic E-state index is 9.59. The molecule has 0 aliphatic carbocycles. The first-order valence-electron chi connectivity index (χ1n) is 5.46. The number of rotatable bonds is 0. The molecule has 5 nitrogen and oxygen atoms in total. The fraction of sp³-hybridized carbons (Fsp3) is 0.0769. The second kappa shape index (κ2) is 3.46. The highest BCUT2D eigenvalue weighted by atomic mass is 16.5. The number of nitrogen functional groups attached to an aromatic ring is 2. The van der Waals surface area contributed by atoms with Crippen LogP contribution in [0.5, 0.6) is 23.0 Å². The van der Waals surface area contributed by atoms with E-state index in [4.69, 9.17) is 16.2 Å². The standard InChI is InChI=1S/C13H12N2O3/c14-12-6-5-7-11(4-2-9(17)13(7)15)18-10(6)3-1-8(12)16/h1-4,16-17H,5,14-15H2. The van der Waals surface area contributed by atoms with E-state index in [0.29, 0.717) is 29.0 Å². The van der Waals surface area contributed by atoms with Gasteiger partial charge in [0.2, 0.25) is 0 Å². The van der Waals surface area contributed by atoms with E-state index in [9.17, 15) is 10.2 Å². The number of hydrogen-bond donors (Lipinski definition) is 4. The number of hydrogen-bond acceptors (Lipinski definition) is 5. The Hall–Kier alpha value is -2.56. The quantitative estimate of drug-likeness (QED) is 0.357. The van der Waals surface area contributed by atoms with Gasteiger partial charge in [-0.1, -0.05) is 0 Å². The lowest BCUT2D eigenvalue weighted by molar-refractivity contribution is 0.445. The van der Waals surface area contributed by atoms with Crippen molar-refractivity contribution in [1.29, 1.82) is 0 Å². The van der Waals surface area contributed by atoms with Crippen molar-refractivity contribution in [1.82, 2.24) is 0 Å². The Balaban J connectivity index is 2.19. The molecule has 1 aliphatic rings. The van der Waals surface area contributed by atoms with Crippen molar-refractivity contribution in [3.8, 4) is 23.0 Å². The molecule has 0 radical (unpaired) electrons. The lowest BCUT2D eigenvalue weighted by Gasteiger charge is -2.23. The molecule has 0 saturated heterocycles. The molecule has 0 amide bonds. The number of ether oxygens (including phenoxy) is 1. The molecule has 0 unspecified atom stereocenters. The zero-order valence-electron chi connectivity index (χ0n) is 9.47. The van der Waals surface area contributed by atoms with Crippen LogP contribution in [0.15, 0.2) is 24.3 Å². The Labute approximate surface area is 103 Å². The molecule has 0 atom stereocenters. The third-order valence-corrected chi connectivity index (χ3v) is 3.16. The van der Waals surface area contributed by atoms with Crippen LogP contribution >= 0.6 is 0 Å². The van der Waals surface area contributed by atoms with Crippen LogP contribution < -0.4 is 16.2 Å². The number of fused-ring (bicyclic) bond motifs is 2. The normalized spacial score (nSPS) is 12.4. The predicted molar refractivity (Wildman–Crippen MR) is 67.9 cm³/mol. The first-order chi connectivity index (χ1) is 8.58. The molecule has 0 bridgehead atoms. The lowest BCUT2D eigenvalue weighted by Crippen LogP contribution is -2.08. The molecule has 92 valence electrons. The molecule has 6 N–H and O–H groups in total. The molecule has 1 heterocycles. The summed E-state index contributed by atoms with van der Waals surface area (Å²) in [7, 11) is 0. The molecule has 0 fully saturated rings. The molecule has 2 aromatic rings. The second-order valence-electron chi connectivity index (χ2n) is 4.23. The number of phenols is 2. The van der Waals surface area contributed by atoms with Gasteiger partial charge in [0.15, 0.2) is 0 Å². The first kappa shape index (κ1) is 10.6. The summed E-state index contributed by atoms with van der Waals surface area (Å²) in [5.41, 5.74) is 13.5. The maximum Gasteiger partial charge on any atom is 0.139 e. The smallest absolute Gasteiger partial charge is 0.139 e. The van der Waals surface area contributed by atoms with E-state index in [1.165, 1.54) is 12.1 Å². The van der Waals surface area contributed by atoms with Gasteiger partial charge < -0.3 is 26.4 Å². The van der Waals surface area contributed by atoms with Crippen LogP contribution in [0.25, 0.3) is 0 Å². The molecule has 3 rings (SSSR count). The number of aromatic hydroxyl groups is 2. The number of benzene rings is 2. The van der Waals surface area contributed by atoms with Gasteiger partial charge in [0, 0.05) is 17.5 Å². The molecular formula is C13H12N2O3. The highest BCUT2D eigenvalue weighted by Gasteiger charge is 2.23. The van der Waals surface area contributed by atoms with Gasteiger partial charge in [0.1, 0.15) is 23.0 Å². The van der Waals surface area contributed by atoms with Crippen molar-refractivity contribution in [2.75, 3.05) is 11.5 Å². The molecule has 18 heavy (non-hydrogen) atoms. The summed E-state index contributed by atoms with van der Waals surface area (Å²) in [5.74, 6) is 1.23. The van der Waals surface area contributed by atoms with Gasteiger partial charge in [-0.2, -0.15) is 0 Å². The van der Waals surface area contributed by atoms with E-state index >= 15 is 0 Å². The summed E-state index contributed by atoms with van der Waals surface area (Å²) < 4.78 is 5.67. The molecule has 5 heteroatoms. The van der Waals surface area contributed by atoms with Gasteiger partial charge in [-0.15, -0.1) is 0 Å². The van der Waals surface area contributed by atoms with Crippen LogP contribution in [0.2, 0.25) is 0 Å². The van der Waals surface area contributed by atoms with E-state index in [0.717, 1.165) is 0 Å². The number of anilines is 2. The summed E-state index contributed by atoms with van der Waals surface area (Å²) in [5, 5.41) is 19.2. The summed E-state index contributed by atoms with van der Waals surface area (Å²) in [6.45, 7) is 0. The predicted octanol–water partition coefficient (Wildman–Crippen LogP) is 1.96. The minimum absolute atomic E-state index is 0.0134. The fourth-order valence-corrected chi connectivity index (χ4v) is 2.12. The van der Waals surface area contributed by atoms with Gasteiger partial charge in [0.05, 0.1) is 11.4 Å². The van der Waals surface area contributed by atoms with E-state index < -0.39 is 0 Å². The molecule has 1 aliphatic heterocycles. The van der Waals surface area contributed by atoms with Crippen molar-refractivity contribution >= 4 is 11.4 Å². The van der Waals surface area contributed by atoms with Crippen molar-refractivity contribution in [2.45, 2.75) is 6.42 Å². The van der Waals surface area contributed by atoms with E-state index in [1.54, 1.807) is 12.1 Å².